The number of rotatable bonds is 6. The summed E-state index contributed by atoms with van der Waals surface area (Å²) in [6, 6.07) is 16.4. The van der Waals surface area contributed by atoms with Gasteiger partial charge in [-0.3, -0.25) is 0 Å². The average molecular weight is 357 g/mol. The third-order valence-corrected chi connectivity index (χ3v) is 4.21. The Morgan fingerprint density at radius 1 is 1.12 bits per heavy atom. The number of hydrogen-bond donors (Lipinski definition) is 2. The van der Waals surface area contributed by atoms with Crippen LogP contribution in [0.2, 0.25) is 0 Å². The maximum absolute atomic E-state index is 5.48. The second-order valence-electron chi connectivity index (χ2n) is 6.24. The summed E-state index contributed by atoms with van der Waals surface area (Å²) in [6.07, 6.45) is 0. The monoisotopic (exact) mass is 357 g/mol. The van der Waals surface area contributed by atoms with E-state index in [0.29, 0.717) is 11.7 Å². The first-order valence-corrected chi connectivity index (χ1v) is 8.65. The molecular formula is C19H23N3O2S. The van der Waals surface area contributed by atoms with Crippen molar-refractivity contribution in [1.29, 1.82) is 0 Å². The van der Waals surface area contributed by atoms with E-state index in [-0.39, 0.29) is 12.8 Å². The van der Waals surface area contributed by atoms with E-state index in [1.54, 1.807) is 0 Å². The fourth-order valence-corrected chi connectivity index (χ4v) is 2.94. The smallest absolute Gasteiger partial charge is 0.231 e. The Morgan fingerprint density at radius 2 is 1.88 bits per heavy atom. The van der Waals surface area contributed by atoms with E-state index < -0.39 is 0 Å². The zero-order valence-corrected chi connectivity index (χ0v) is 15.3. The normalized spacial score (nSPS) is 13.6. The highest BCUT2D eigenvalue weighted by atomic mass is 32.1. The van der Waals surface area contributed by atoms with Crippen molar-refractivity contribution in [3.05, 3.63) is 59.7 Å². The van der Waals surface area contributed by atoms with Crippen molar-refractivity contribution in [1.82, 2.24) is 15.5 Å². The minimum absolute atomic E-state index is 0.132. The molecule has 0 unspecified atom stereocenters. The molecule has 2 aromatic rings. The molecule has 0 amide bonds. The molecule has 0 saturated heterocycles. The molecule has 0 saturated carbocycles. The second kappa shape index (κ2) is 8.18. The summed E-state index contributed by atoms with van der Waals surface area (Å²) in [5.41, 5.74) is 2.31. The minimum atomic E-state index is 0.132. The molecule has 1 aliphatic rings. The Kier molecular flexibility index (Phi) is 5.73. The van der Waals surface area contributed by atoms with Crippen molar-refractivity contribution in [3.63, 3.8) is 0 Å². The van der Waals surface area contributed by atoms with E-state index in [9.17, 15) is 0 Å². The van der Waals surface area contributed by atoms with Crippen molar-refractivity contribution in [2.24, 2.45) is 0 Å². The van der Waals surface area contributed by atoms with Gasteiger partial charge < -0.3 is 25.0 Å². The van der Waals surface area contributed by atoms with Gasteiger partial charge in [-0.15, -0.1) is 0 Å². The van der Waals surface area contributed by atoms with Crippen LogP contribution in [0.15, 0.2) is 48.5 Å². The van der Waals surface area contributed by atoms with Gasteiger partial charge >= 0.3 is 0 Å². The van der Waals surface area contributed by atoms with Crippen LogP contribution in [-0.2, 0) is 6.54 Å². The van der Waals surface area contributed by atoms with Crippen LogP contribution in [0, 0.1) is 0 Å². The maximum Gasteiger partial charge on any atom is 0.231 e. The van der Waals surface area contributed by atoms with Crippen LogP contribution in [0.5, 0.6) is 11.5 Å². The van der Waals surface area contributed by atoms with Gasteiger partial charge in [0.1, 0.15) is 0 Å². The van der Waals surface area contributed by atoms with E-state index in [0.717, 1.165) is 23.6 Å². The molecular weight excluding hydrogens is 334 g/mol. The van der Waals surface area contributed by atoms with Crippen LogP contribution in [0.3, 0.4) is 0 Å². The van der Waals surface area contributed by atoms with E-state index >= 15 is 0 Å². The highest BCUT2D eigenvalue weighted by Crippen LogP contribution is 2.32. The number of nitrogens with zero attached hydrogens (tertiary/aromatic N) is 1. The zero-order chi connectivity index (χ0) is 17.6. The Balaban J connectivity index is 1.58. The Bertz CT molecular complexity index is 722. The number of fused-ring (bicyclic) bond motifs is 1. The number of thiocarbonyl (C=S) groups is 1. The van der Waals surface area contributed by atoms with Crippen LogP contribution in [0.4, 0.5) is 0 Å². The van der Waals surface area contributed by atoms with Gasteiger partial charge in [-0.25, -0.2) is 0 Å². The number of ether oxygens (including phenoxy) is 2. The molecule has 0 radical (unpaired) electrons. The number of hydrogen-bond acceptors (Lipinski definition) is 4. The lowest BCUT2D eigenvalue weighted by Crippen LogP contribution is -2.41. The van der Waals surface area contributed by atoms with Crippen LogP contribution >= 0.6 is 12.2 Å². The minimum Gasteiger partial charge on any atom is -0.454 e. The van der Waals surface area contributed by atoms with Crippen molar-refractivity contribution in [3.8, 4) is 11.5 Å². The Morgan fingerprint density at radius 3 is 2.64 bits per heavy atom. The third-order valence-electron chi connectivity index (χ3n) is 3.95. The summed E-state index contributed by atoms with van der Waals surface area (Å²) in [5.74, 6) is 1.58. The highest BCUT2D eigenvalue weighted by molar-refractivity contribution is 7.80. The van der Waals surface area contributed by atoms with Crippen molar-refractivity contribution in [2.75, 3.05) is 27.4 Å². The number of likely N-dealkylation sites (N-methyl/N-ethyl adjacent to an activating group) is 1. The molecule has 0 bridgehead atoms. The molecule has 1 atom stereocenters. The quantitative estimate of drug-likeness (QED) is 0.775. The van der Waals surface area contributed by atoms with Gasteiger partial charge in [-0.05, 0) is 49.6 Å². The molecule has 0 aliphatic carbocycles. The largest absolute Gasteiger partial charge is 0.454 e. The first-order chi connectivity index (χ1) is 12.1. The molecule has 5 nitrogen and oxygen atoms in total. The van der Waals surface area contributed by atoms with Gasteiger partial charge in [0.15, 0.2) is 16.6 Å². The van der Waals surface area contributed by atoms with Gasteiger partial charge in [0.2, 0.25) is 6.79 Å². The molecule has 0 fully saturated rings. The molecule has 2 aromatic carbocycles. The first kappa shape index (κ1) is 17.5. The second-order valence-corrected chi connectivity index (χ2v) is 6.65. The molecule has 6 heteroatoms. The summed E-state index contributed by atoms with van der Waals surface area (Å²) in [6.45, 7) is 1.78. The standard InChI is InChI=1S/C19H23N3O2S/c1-22(2)12-16(15-6-4-3-5-7-15)21-19(25)20-11-14-8-9-17-18(10-14)24-13-23-17/h3-10,16H,11-13H2,1-2H3,(H2,20,21,25)/t16-/m1/s1. The first-order valence-electron chi connectivity index (χ1n) is 8.24. The lowest BCUT2D eigenvalue weighted by atomic mass is 10.1. The van der Waals surface area contributed by atoms with Gasteiger partial charge in [0, 0.05) is 13.1 Å². The fraction of sp³-hybridized carbons (Fsp3) is 0.316. The molecule has 0 spiro atoms. The average Bonchev–Trinajstić information content (AvgIpc) is 3.07. The van der Waals surface area contributed by atoms with Gasteiger partial charge in [0.05, 0.1) is 6.04 Å². The van der Waals surface area contributed by atoms with Crippen LogP contribution in [-0.4, -0.2) is 37.4 Å². The van der Waals surface area contributed by atoms with Crippen molar-refractivity contribution < 1.29 is 9.47 Å². The lowest BCUT2D eigenvalue weighted by molar-refractivity contribution is 0.174. The summed E-state index contributed by atoms with van der Waals surface area (Å²) in [5, 5.41) is 7.31. The number of benzene rings is 2. The topological polar surface area (TPSA) is 45.8 Å². The summed E-state index contributed by atoms with van der Waals surface area (Å²) in [4.78, 5) is 2.14. The van der Waals surface area contributed by atoms with Crippen LogP contribution in [0.1, 0.15) is 17.2 Å². The van der Waals surface area contributed by atoms with Crippen LogP contribution < -0.4 is 20.1 Å². The Hall–Kier alpha value is -2.31. The third kappa shape index (κ3) is 4.84. The highest BCUT2D eigenvalue weighted by Gasteiger charge is 2.15. The summed E-state index contributed by atoms with van der Waals surface area (Å²) < 4.78 is 10.7. The molecule has 1 aliphatic heterocycles. The van der Waals surface area contributed by atoms with E-state index in [1.807, 2.05) is 36.4 Å². The molecule has 25 heavy (non-hydrogen) atoms. The molecule has 3 rings (SSSR count). The van der Waals surface area contributed by atoms with E-state index in [2.05, 4.69) is 41.8 Å². The Labute approximate surface area is 153 Å². The van der Waals surface area contributed by atoms with Gasteiger partial charge in [-0.2, -0.15) is 0 Å². The summed E-state index contributed by atoms with van der Waals surface area (Å²) >= 11 is 5.48. The molecule has 0 aromatic heterocycles. The zero-order valence-electron chi connectivity index (χ0n) is 14.5. The van der Waals surface area contributed by atoms with Gasteiger partial charge in [0.25, 0.3) is 0 Å². The predicted octanol–water partition coefficient (Wildman–Crippen LogP) is 2.68. The number of nitrogens with one attached hydrogen (secondary N) is 2. The molecule has 2 N–H and O–H groups in total. The van der Waals surface area contributed by atoms with Crippen LogP contribution in [0.25, 0.3) is 0 Å². The molecule has 1 heterocycles. The van der Waals surface area contributed by atoms with Crippen molar-refractivity contribution >= 4 is 17.3 Å². The van der Waals surface area contributed by atoms with Gasteiger partial charge in [-0.1, -0.05) is 36.4 Å². The van der Waals surface area contributed by atoms with E-state index in [1.165, 1.54) is 5.56 Å². The lowest BCUT2D eigenvalue weighted by Gasteiger charge is -2.24. The molecule has 132 valence electrons. The van der Waals surface area contributed by atoms with Crippen molar-refractivity contribution in [2.45, 2.75) is 12.6 Å². The predicted molar refractivity (Wildman–Crippen MR) is 103 cm³/mol. The SMILES string of the molecule is CN(C)C[C@@H](NC(=S)NCc1ccc2c(c1)OCO2)c1ccccc1. The summed E-state index contributed by atoms with van der Waals surface area (Å²) in [7, 11) is 4.11. The fourth-order valence-electron chi connectivity index (χ4n) is 2.73. The van der Waals surface area contributed by atoms with E-state index in [4.69, 9.17) is 21.7 Å². The maximum atomic E-state index is 5.48.